The summed E-state index contributed by atoms with van der Waals surface area (Å²) in [5.41, 5.74) is 6.73. The minimum Gasteiger partial charge on any atom is -0.318 e. The second-order valence-electron chi connectivity index (χ2n) is 8.69. The zero-order valence-corrected chi connectivity index (χ0v) is 22.6. The van der Waals surface area contributed by atoms with Crippen molar-refractivity contribution in [3.8, 4) is 5.69 Å². The first-order valence-corrected chi connectivity index (χ1v) is 13.5. The van der Waals surface area contributed by atoms with Crippen molar-refractivity contribution >= 4 is 39.4 Å². The van der Waals surface area contributed by atoms with E-state index in [1.165, 1.54) is 36.5 Å². The zero-order chi connectivity index (χ0) is 27.4. The lowest BCUT2D eigenvalue weighted by Gasteiger charge is -2.24. The van der Waals surface area contributed by atoms with Crippen molar-refractivity contribution in [3.63, 3.8) is 0 Å². The fourth-order valence-electron chi connectivity index (χ4n) is 4.02. The van der Waals surface area contributed by atoms with Gasteiger partial charge >= 0.3 is 0 Å². The lowest BCUT2D eigenvalue weighted by molar-refractivity contribution is -0.119. The molecule has 0 aliphatic carbocycles. The topological polar surface area (TPSA) is 83.8 Å². The van der Waals surface area contributed by atoms with Crippen LogP contribution in [0.15, 0.2) is 88.9 Å². The Hall–Kier alpha value is -3.95. The predicted octanol–water partition coefficient (Wildman–Crippen LogP) is 5.54. The second-order valence-corrected chi connectivity index (χ2v) is 11.0. The van der Waals surface area contributed by atoms with Crippen molar-refractivity contribution in [1.29, 1.82) is 0 Å². The Bertz CT molecular complexity index is 1600. The summed E-state index contributed by atoms with van der Waals surface area (Å²) in [6.45, 7) is 5.08. The van der Waals surface area contributed by atoms with Gasteiger partial charge in [0.1, 0.15) is 12.4 Å². The number of amides is 1. The third-order valence-corrected chi connectivity index (χ3v) is 8.21. The molecule has 0 atom stereocenters. The highest BCUT2D eigenvalue weighted by molar-refractivity contribution is 7.92. The molecule has 7 nitrogen and oxygen atoms in total. The highest BCUT2D eigenvalue weighted by atomic mass is 35.5. The number of nitrogens with one attached hydrogen (secondary N) is 1. The molecule has 1 amide bonds. The smallest absolute Gasteiger partial charge is 0.264 e. The van der Waals surface area contributed by atoms with Gasteiger partial charge in [-0.3, -0.25) is 9.10 Å². The number of rotatable bonds is 8. The Kier molecular flexibility index (Phi) is 7.99. The van der Waals surface area contributed by atoms with Gasteiger partial charge in [-0.15, -0.1) is 0 Å². The maximum absolute atomic E-state index is 13.4. The van der Waals surface area contributed by atoms with Crippen molar-refractivity contribution in [2.24, 2.45) is 5.10 Å². The first-order valence-electron chi connectivity index (χ1n) is 11.7. The number of aryl methyl sites for hydroxylation is 2. The van der Waals surface area contributed by atoms with E-state index >= 15 is 0 Å². The maximum Gasteiger partial charge on any atom is 0.264 e. The molecule has 0 unspecified atom stereocenters. The fourth-order valence-corrected chi connectivity index (χ4v) is 5.63. The molecule has 0 fully saturated rings. The van der Waals surface area contributed by atoms with E-state index in [9.17, 15) is 17.6 Å². The van der Waals surface area contributed by atoms with Gasteiger partial charge in [-0.2, -0.15) is 5.10 Å². The van der Waals surface area contributed by atoms with Crippen molar-refractivity contribution in [2.75, 3.05) is 10.8 Å². The zero-order valence-electron chi connectivity index (χ0n) is 21.0. The van der Waals surface area contributed by atoms with Crippen LogP contribution in [0.5, 0.6) is 0 Å². The number of hydrogen-bond acceptors (Lipinski definition) is 4. The van der Waals surface area contributed by atoms with Gasteiger partial charge in [0.15, 0.2) is 0 Å². The van der Waals surface area contributed by atoms with Gasteiger partial charge in [0, 0.05) is 27.7 Å². The molecule has 0 aliphatic rings. The Balaban J connectivity index is 1.56. The third kappa shape index (κ3) is 5.79. The van der Waals surface area contributed by atoms with Crippen molar-refractivity contribution in [3.05, 3.63) is 112 Å². The van der Waals surface area contributed by atoms with E-state index in [1.807, 2.05) is 24.5 Å². The van der Waals surface area contributed by atoms with Gasteiger partial charge in [-0.05, 0) is 80.9 Å². The van der Waals surface area contributed by atoms with Gasteiger partial charge in [-0.25, -0.2) is 18.2 Å². The van der Waals surface area contributed by atoms with E-state index in [0.717, 1.165) is 32.5 Å². The SMILES string of the molecule is Cc1ccc(N(CC(=O)N/N=C\c2cc(C)n(-c3ccc(F)cc3)c2C)S(=O)(=O)c2ccccc2)cc1Cl. The summed E-state index contributed by atoms with van der Waals surface area (Å²) in [4.78, 5) is 12.9. The number of halogens is 2. The number of carbonyl (C=O) groups excluding carboxylic acids is 1. The van der Waals surface area contributed by atoms with E-state index < -0.39 is 22.5 Å². The van der Waals surface area contributed by atoms with Crippen LogP contribution < -0.4 is 9.73 Å². The fraction of sp³-hybridized carbons (Fsp3) is 0.143. The van der Waals surface area contributed by atoms with Gasteiger partial charge in [0.25, 0.3) is 15.9 Å². The van der Waals surface area contributed by atoms with Gasteiger partial charge < -0.3 is 4.57 Å². The van der Waals surface area contributed by atoms with Crippen LogP contribution in [0.1, 0.15) is 22.5 Å². The average Bonchev–Trinajstić information content (AvgIpc) is 3.18. The minimum atomic E-state index is -4.07. The van der Waals surface area contributed by atoms with Crippen LogP contribution in [0.25, 0.3) is 5.69 Å². The largest absolute Gasteiger partial charge is 0.318 e. The van der Waals surface area contributed by atoms with Crippen LogP contribution in [0.4, 0.5) is 10.1 Å². The van der Waals surface area contributed by atoms with E-state index in [0.29, 0.717) is 5.02 Å². The molecule has 0 radical (unpaired) electrons. The van der Waals surface area contributed by atoms with Gasteiger partial charge in [0.2, 0.25) is 0 Å². The highest BCUT2D eigenvalue weighted by Crippen LogP contribution is 2.28. The molecule has 4 aromatic rings. The van der Waals surface area contributed by atoms with Crippen molar-refractivity contribution < 1.29 is 17.6 Å². The Morgan fingerprint density at radius 2 is 1.71 bits per heavy atom. The number of hydrazone groups is 1. The summed E-state index contributed by atoms with van der Waals surface area (Å²) < 4.78 is 43.2. The van der Waals surface area contributed by atoms with Crippen LogP contribution in [0.3, 0.4) is 0 Å². The lowest BCUT2D eigenvalue weighted by Crippen LogP contribution is -2.39. The van der Waals surface area contributed by atoms with E-state index in [2.05, 4.69) is 10.5 Å². The summed E-state index contributed by atoms with van der Waals surface area (Å²) in [5, 5.41) is 4.43. The monoisotopic (exact) mass is 552 g/mol. The molecular formula is C28H26ClFN4O3S. The Morgan fingerprint density at radius 3 is 2.37 bits per heavy atom. The molecule has 38 heavy (non-hydrogen) atoms. The minimum absolute atomic E-state index is 0.0428. The number of nitrogens with zero attached hydrogens (tertiary/aromatic N) is 3. The molecule has 0 saturated heterocycles. The van der Waals surface area contributed by atoms with Crippen LogP contribution >= 0.6 is 11.6 Å². The molecule has 4 rings (SSSR count). The first-order chi connectivity index (χ1) is 18.1. The molecule has 0 saturated carbocycles. The summed E-state index contributed by atoms with van der Waals surface area (Å²) in [5.74, 6) is -0.957. The van der Waals surface area contributed by atoms with E-state index in [4.69, 9.17) is 11.6 Å². The summed E-state index contributed by atoms with van der Waals surface area (Å²) in [7, 11) is -4.07. The quantitative estimate of drug-likeness (QED) is 0.230. The van der Waals surface area contributed by atoms with Crippen molar-refractivity contribution in [1.82, 2.24) is 9.99 Å². The molecule has 0 bridgehead atoms. The molecule has 1 heterocycles. The first kappa shape index (κ1) is 27.1. The molecule has 3 aromatic carbocycles. The average molecular weight is 553 g/mol. The lowest BCUT2D eigenvalue weighted by atomic mass is 10.2. The molecular weight excluding hydrogens is 527 g/mol. The number of benzene rings is 3. The normalized spacial score (nSPS) is 11.6. The molecule has 0 spiro atoms. The third-order valence-electron chi connectivity index (χ3n) is 6.01. The number of sulfonamides is 1. The summed E-state index contributed by atoms with van der Waals surface area (Å²) in [6.07, 6.45) is 1.49. The maximum atomic E-state index is 13.4. The van der Waals surface area contributed by atoms with E-state index in [-0.39, 0.29) is 16.4 Å². The molecule has 0 aliphatic heterocycles. The van der Waals surface area contributed by atoms with Crippen LogP contribution in [0.2, 0.25) is 5.02 Å². The van der Waals surface area contributed by atoms with E-state index in [1.54, 1.807) is 49.4 Å². The molecule has 1 aromatic heterocycles. The van der Waals surface area contributed by atoms with Gasteiger partial charge in [-0.1, -0.05) is 35.9 Å². The van der Waals surface area contributed by atoms with Crippen molar-refractivity contribution in [2.45, 2.75) is 25.7 Å². The standard InChI is InChI=1S/C28H26ClFN4O3S/c1-19-9-12-25(16-27(19)29)33(38(36,37)26-7-5-4-6-8-26)18-28(35)32-31-17-22-15-20(2)34(21(22)3)24-13-10-23(30)11-14-24/h4-17H,18H2,1-3H3,(H,32,35)/b31-17-. The number of anilines is 1. The number of carbonyl (C=O) groups is 1. The number of aromatic nitrogens is 1. The molecule has 1 N–H and O–H groups in total. The summed E-state index contributed by atoms with van der Waals surface area (Å²) >= 11 is 6.26. The van der Waals surface area contributed by atoms with Crippen LogP contribution in [-0.4, -0.2) is 31.7 Å². The predicted molar refractivity (Wildman–Crippen MR) is 148 cm³/mol. The molecule has 10 heteroatoms. The summed E-state index contributed by atoms with van der Waals surface area (Å²) in [6, 6.07) is 20.7. The second kappa shape index (κ2) is 11.2. The Morgan fingerprint density at radius 1 is 1.03 bits per heavy atom. The molecule has 196 valence electrons. The van der Waals surface area contributed by atoms with Crippen LogP contribution in [0, 0.1) is 26.6 Å². The highest BCUT2D eigenvalue weighted by Gasteiger charge is 2.27. The number of hydrogen-bond donors (Lipinski definition) is 1. The van der Waals surface area contributed by atoms with Crippen LogP contribution in [-0.2, 0) is 14.8 Å². The van der Waals surface area contributed by atoms with Gasteiger partial charge in [0.05, 0.1) is 16.8 Å². The Labute approximate surface area is 226 Å².